The molecule has 0 aliphatic heterocycles. The van der Waals surface area contributed by atoms with E-state index in [0.29, 0.717) is 22.9 Å². The second-order valence-electron chi connectivity index (χ2n) is 13.5. The van der Waals surface area contributed by atoms with Gasteiger partial charge in [-0.3, -0.25) is 15.3 Å². The minimum absolute atomic E-state index is 0. The van der Waals surface area contributed by atoms with E-state index in [9.17, 15) is 8.78 Å². The number of aromatic nitrogens is 9. The van der Waals surface area contributed by atoms with Gasteiger partial charge in [0.25, 0.3) is 0 Å². The standard InChI is InChI=1S/2C22H16FN2.C6H4N5.Ir/c2*1-24-16-25(20-14-8-13-19(23)15-20)22(18-11-6-3-7-12-18)21(24)17-9-4-2-5-10-17;1-2-4-7-5(3-1)6-8-10-11-9-6;/h2*2-13,15H,1H3;1-4H;/q3*-1;. The van der Waals surface area contributed by atoms with Crippen LogP contribution in [0.2, 0.25) is 0 Å². The van der Waals surface area contributed by atoms with Crippen molar-refractivity contribution in [1.29, 1.82) is 0 Å². The first-order chi connectivity index (χ1) is 29.9. The predicted octanol–water partition coefficient (Wildman–Crippen LogP) is 8.64. The van der Waals surface area contributed by atoms with Gasteiger partial charge in [0.05, 0.1) is 48.4 Å². The molecule has 9 nitrogen and oxygen atoms in total. The van der Waals surface area contributed by atoms with E-state index in [1.807, 2.05) is 142 Å². The zero-order valence-electron chi connectivity index (χ0n) is 33.4. The van der Waals surface area contributed by atoms with Crippen molar-refractivity contribution in [3.8, 4) is 67.9 Å². The molecule has 12 heteroatoms. The molecule has 0 fully saturated rings. The number of pyridine rings is 1. The van der Waals surface area contributed by atoms with Crippen LogP contribution in [0.25, 0.3) is 67.9 Å². The summed E-state index contributed by atoms with van der Waals surface area (Å²) in [5.74, 6) is -0.122. The number of tetrazole rings is 1. The monoisotopic (exact) mass is 993 g/mol. The molecule has 10 rings (SSSR count). The second-order valence-corrected chi connectivity index (χ2v) is 13.5. The molecule has 0 spiro atoms. The van der Waals surface area contributed by atoms with Gasteiger partial charge < -0.3 is 23.4 Å². The van der Waals surface area contributed by atoms with Crippen molar-refractivity contribution in [1.82, 2.24) is 34.7 Å². The van der Waals surface area contributed by atoms with E-state index >= 15 is 0 Å². The van der Waals surface area contributed by atoms with E-state index in [0.717, 1.165) is 45.0 Å². The maximum Gasteiger partial charge on any atom is 0.242 e. The average Bonchev–Trinajstić information content (AvgIpc) is 4.07. The van der Waals surface area contributed by atoms with Crippen molar-refractivity contribution < 1.29 is 38.0 Å². The molecule has 1 radical (unpaired) electrons. The molecule has 0 atom stereocenters. The smallest absolute Gasteiger partial charge is 0.242 e. The van der Waals surface area contributed by atoms with Crippen LogP contribution >= 0.6 is 0 Å². The van der Waals surface area contributed by atoms with Crippen LogP contribution < -0.4 is 14.2 Å². The summed E-state index contributed by atoms with van der Waals surface area (Å²) >= 11 is 0. The molecule has 0 amide bonds. The van der Waals surface area contributed by atoms with Crippen molar-refractivity contribution >= 4 is 0 Å². The van der Waals surface area contributed by atoms with Gasteiger partial charge in [-0.15, -0.1) is 24.3 Å². The topological polar surface area (TPSA) is 83.3 Å². The molecule has 0 saturated heterocycles. The van der Waals surface area contributed by atoms with Crippen molar-refractivity contribution in [3.63, 3.8) is 0 Å². The quantitative estimate of drug-likeness (QED) is 0.118. The van der Waals surface area contributed by atoms with Crippen LogP contribution in [0.15, 0.2) is 182 Å². The summed E-state index contributed by atoms with van der Waals surface area (Å²) < 4.78 is 35.1. The van der Waals surface area contributed by atoms with E-state index in [-0.39, 0.29) is 31.7 Å². The third kappa shape index (κ3) is 9.74. The molecule has 0 unspecified atom stereocenters. The zero-order valence-corrected chi connectivity index (χ0v) is 35.8. The predicted molar refractivity (Wildman–Crippen MR) is 227 cm³/mol. The van der Waals surface area contributed by atoms with Gasteiger partial charge in [0.15, 0.2) is 0 Å². The van der Waals surface area contributed by atoms with Gasteiger partial charge in [0.2, 0.25) is 12.7 Å². The molecule has 6 aromatic carbocycles. The van der Waals surface area contributed by atoms with Gasteiger partial charge in [-0.2, -0.15) is 29.5 Å². The van der Waals surface area contributed by atoms with E-state index in [2.05, 4.69) is 74.7 Å². The Balaban J connectivity index is 0.000000149. The SMILES string of the molecule is C[n+]1[c-]n(-c2[c-]ccc(F)c2)c(-c2ccccc2)c1-c1ccccc1.C[n+]1[c-]n(-c2[c-]ccc(F)c2)c(-c2ccccc2)c1-c1ccccc1.[Ir].c1ccc(-c2nnn[n-]2)nc1. The maximum absolute atomic E-state index is 13.8. The molecule has 0 aliphatic rings. The summed E-state index contributed by atoms with van der Waals surface area (Å²) in [4.78, 5) is 4.02. The molecule has 62 heavy (non-hydrogen) atoms. The molecule has 0 bridgehead atoms. The van der Waals surface area contributed by atoms with Gasteiger partial charge in [-0.1, -0.05) is 139 Å². The summed E-state index contributed by atoms with van der Waals surface area (Å²) in [5, 5.41) is 14.0. The van der Waals surface area contributed by atoms with Crippen LogP contribution in [0.5, 0.6) is 0 Å². The summed E-state index contributed by atoms with van der Waals surface area (Å²) in [6.45, 7) is 0. The van der Waals surface area contributed by atoms with Crippen molar-refractivity contribution in [2.24, 2.45) is 14.1 Å². The van der Waals surface area contributed by atoms with E-state index in [1.54, 1.807) is 24.4 Å². The number of benzene rings is 6. The number of hydrogen-bond donors (Lipinski definition) is 0. The van der Waals surface area contributed by atoms with Gasteiger partial charge in [0, 0.05) is 37.9 Å². The fourth-order valence-electron chi connectivity index (χ4n) is 6.81. The van der Waals surface area contributed by atoms with Gasteiger partial charge in [0.1, 0.15) is 0 Å². The van der Waals surface area contributed by atoms with Gasteiger partial charge in [-0.05, 0) is 34.4 Å². The first-order valence-electron chi connectivity index (χ1n) is 19.2. The van der Waals surface area contributed by atoms with Crippen molar-refractivity contribution in [2.45, 2.75) is 0 Å². The number of halogens is 2. The molecule has 4 heterocycles. The van der Waals surface area contributed by atoms with Crippen LogP contribution in [0, 0.1) is 36.4 Å². The average molecular weight is 993 g/mol. The Labute approximate surface area is 371 Å². The Morgan fingerprint density at radius 3 is 1.32 bits per heavy atom. The van der Waals surface area contributed by atoms with Crippen LogP contribution in [-0.2, 0) is 34.2 Å². The molecule has 0 aliphatic carbocycles. The van der Waals surface area contributed by atoms with Crippen LogP contribution in [0.3, 0.4) is 0 Å². The molecule has 0 N–H and O–H groups in total. The van der Waals surface area contributed by atoms with Crippen molar-refractivity contribution in [3.05, 3.63) is 219 Å². The Hall–Kier alpha value is -7.53. The Morgan fingerprint density at radius 1 is 0.532 bits per heavy atom. The minimum atomic E-state index is -0.293. The number of rotatable bonds is 7. The summed E-state index contributed by atoms with van der Waals surface area (Å²) in [7, 11) is 3.90. The molecule has 10 aromatic rings. The maximum atomic E-state index is 13.8. The summed E-state index contributed by atoms with van der Waals surface area (Å²) in [6.07, 6.45) is 8.25. The number of imidazole rings is 2. The first kappa shape index (κ1) is 42.6. The molecule has 307 valence electrons. The molecular formula is C50H36F2IrN9-3. The third-order valence-electron chi connectivity index (χ3n) is 9.45. The van der Waals surface area contributed by atoms with E-state index in [4.69, 9.17) is 0 Å². The minimum Gasteiger partial charge on any atom is -0.341 e. The molecular weight excluding hydrogens is 957 g/mol. The van der Waals surface area contributed by atoms with E-state index < -0.39 is 0 Å². The van der Waals surface area contributed by atoms with Crippen LogP contribution in [-0.4, -0.2) is 29.6 Å². The van der Waals surface area contributed by atoms with Crippen molar-refractivity contribution in [2.75, 3.05) is 0 Å². The van der Waals surface area contributed by atoms with Gasteiger partial charge >= 0.3 is 0 Å². The number of hydrogen-bond acceptors (Lipinski definition) is 4. The fourth-order valence-corrected chi connectivity index (χ4v) is 6.81. The Kier molecular flexibility index (Phi) is 13.8. The normalized spacial score (nSPS) is 10.5. The largest absolute Gasteiger partial charge is 0.341 e. The van der Waals surface area contributed by atoms with Crippen LogP contribution in [0.4, 0.5) is 8.78 Å². The summed E-state index contributed by atoms with van der Waals surface area (Å²) in [6, 6.07) is 61.0. The van der Waals surface area contributed by atoms with Gasteiger partial charge in [-0.25, -0.2) is 8.78 Å². The third-order valence-corrected chi connectivity index (χ3v) is 9.45. The molecule has 4 aromatic heterocycles. The zero-order chi connectivity index (χ0) is 42.0. The Morgan fingerprint density at radius 2 is 0.952 bits per heavy atom. The second kappa shape index (κ2) is 20.2. The number of aryl methyl sites for hydroxylation is 2. The number of nitrogens with zero attached hydrogens (tertiary/aromatic N) is 9. The molecule has 0 saturated carbocycles. The van der Waals surface area contributed by atoms with E-state index in [1.165, 1.54) is 24.3 Å². The first-order valence-corrected chi connectivity index (χ1v) is 19.2. The fraction of sp³-hybridized carbons (Fsp3) is 0.0400. The Bertz CT molecular complexity index is 2780. The summed E-state index contributed by atoms with van der Waals surface area (Å²) in [5.41, 5.74) is 10.1. The van der Waals surface area contributed by atoms with Crippen LogP contribution in [0.1, 0.15) is 0 Å².